The van der Waals surface area contributed by atoms with Crippen LogP contribution in [0, 0.1) is 0 Å². The number of nitrogens with zero attached hydrogens (tertiary/aromatic N) is 1. The summed E-state index contributed by atoms with van der Waals surface area (Å²) in [4.78, 5) is 14.1. The average Bonchev–Trinajstić information content (AvgIpc) is 2.51. The second kappa shape index (κ2) is 5.96. The van der Waals surface area contributed by atoms with Gasteiger partial charge in [-0.1, -0.05) is 12.1 Å². The molecule has 1 aliphatic rings. The average molecular weight is 251 g/mol. The van der Waals surface area contributed by atoms with Crippen LogP contribution in [0.3, 0.4) is 0 Å². The van der Waals surface area contributed by atoms with E-state index in [1.54, 1.807) is 0 Å². The van der Waals surface area contributed by atoms with Crippen LogP contribution < -0.4 is 4.74 Å². The fourth-order valence-corrected chi connectivity index (χ4v) is 2.16. The molecule has 0 fully saturated rings. The number of unbranched alkanes of at least 4 members (excludes halogenated alkanes) is 1. The Hall–Kier alpha value is -1.16. The van der Waals surface area contributed by atoms with Gasteiger partial charge < -0.3 is 9.64 Å². The minimum atomic E-state index is 0.0808. The predicted octanol–water partition coefficient (Wildman–Crippen LogP) is 2.23. The van der Waals surface area contributed by atoms with Crippen LogP contribution in [0.1, 0.15) is 23.2 Å². The molecule has 1 amide bonds. The number of carbonyl (C=O) groups is 1. The number of rotatable bonds is 4. The van der Waals surface area contributed by atoms with Crippen LogP contribution in [0.4, 0.5) is 0 Å². The molecule has 0 aromatic heterocycles. The topological polar surface area (TPSA) is 29.5 Å². The van der Waals surface area contributed by atoms with E-state index in [1.165, 1.54) is 0 Å². The fraction of sp³-hybridized carbons (Fsp3) is 0.462. The van der Waals surface area contributed by atoms with Crippen molar-refractivity contribution in [1.82, 2.24) is 4.90 Å². The first kappa shape index (κ1) is 12.3. The van der Waals surface area contributed by atoms with E-state index < -0.39 is 0 Å². The van der Waals surface area contributed by atoms with Gasteiger partial charge in [0.25, 0.3) is 5.91 Å². The standard InChI is InChI=1S/C13H17NO2S/c15-13-11-5-1-2-6-12(11)16-9-8-14(13)7-3-4-10-17/h1-2,5-6,17H,3-4,7-10H2. The summed E-state index contributed by atoms with van der Waals surface area (Å²) < 4.78 is 5.58. The van der Waals surface area contributed by atoms with Gasteiger partial charge in [0, 0.05) is 6.54 Å². The highest BCUT2D eigenvalue weighted by Crippen LogP contribution is 2.22. The monoisotopic (exact) mass is 251 g/mol. The molecular formula is C13H17NO2S. The molecule has 3 nitrogen and oxygen atoms in total. The molecule has 1 aromatic rings. The van der Waals surface area contributed by atoms with Crippen LogP contribution in [0.5, 0.6) is 5.75 Å². The van der Waals surface area contributed by atoms with Crippen LogP contribution >= 0.6 is 12.6 Å². The maximum absolute atomic E-state index is 12.3. The number of hydrogen-bond acceptors (Lipinski definition) is 3. The maximum atomic E-state index is 12.3. The third kappa shape index (κ3) is 2.94. The third-order valence-electron chi connectivity index (χ3n) is 2.86. The van der Waals surface area contributed by atoms with Gasteiger partial charge in [-0.25, -0.2) is 0 Å². The summed E-state index contributed by atoms with van der Waals surface area (Å²) in [5.41, 5.74) is 0.677. The van der Waals surface area contributed by atoms with Gasteiger partial charge in [-0.2, -0.15) is 12.6 Å². The number of ether oxygens (including phenoxy) is 1. The molecule has 0 radical (unpaired) electrons. The molecule has 0 aliphatic carbocycles. The maximum Gasteiger partial charge on any atom is 0.257 e. The largest absolute Gasteiger partial charge is 0.491 e. The number of para-hydroxylation sites is 1. The molecule has 92 valence electrons. The summed E-state index contributed by atoms with van der Waals surface area (Å²) >= 11 is 4.18. The molecule has 0 atom stereocenters. The van der Waals surface area contributed by atoms with E-state index in [0.717, 1.165) is 25.1 Å². The first-order chi connectivity index (χ1) is 8.33. The Labute approximate surface area is 107 Å². The zero-order valence-electron chi connectivity index (χ0n) is 9.76. The van der Waals surface area contributed by atoms with E-state index >= 15 is 0 Å². The number of hydrogen-bond donors (Lipinski definition) is 1. The van der Waals surface area contributed by atoms with Gasteiger partial charge in [0.15, 0.2) is 0 Å². The van der Waals surface area contributed by atoms with Gasteiger partial charge in [0.05, 0.1) is 12.1 Å². The lowest BCUT2D eigenvalue weighted by Crippen LogP contribution is -2.33. The van der Waals surface area contributed by atoms with E-state index in [4.69, 9.17) is 4.74 Å². The third-order valence-corrected chi connectivity index (χ3v) is 3.18. The Kier molecular flexibility index (Phi) is 4.31. The van der Waals surface area contributed by atoms with Crippen molar-refractivity contribution in [3.05, 3.63) is 29.8 Å². The number of amides is 1. The van der Waals surface area contributed by atoms with Crippen molar-refractivity contribution >= 4 is 18.5 Å². The molecule has 1 heterocycles. The molecule has 1 aliphatic heterocycles. The predicted molar refractivity (Wildman–Crippen MR) is 70.9 cm³/mol. The normalized spacial score (nSPS) is 15.1. The first-order valence-electron chi connectivity index (χ1n) is 5.95. The Morgan fingerprint density at radius 3 is 2.94 bits per heavy atom. The highest BCUT2D eigenvalue weighted by Gasteiger charge is 2.22. The molecule has 1 aromatic carbocycles. The first-order valence-corrected chi connectivity index (χ1v) is 6.58. The van der Waals surface area contributed by atoms with Crippen LogP contribution in [-0.2, 0) is 0 Å². The van der Waals surface area contributed by atoms with Gasteiger partial charge in [0.2, 0.25) is 0 Å². The van der Waals surface area contributed by atoms with Crippen LogP contribution in [-0.4, -0.2) is 36.3 Å². The molecule has 17 heavy (non-hydrogen) atoms. The summed E-state index contributed by atoms with van der Waals surface area (Å²) in [7, 11) is 0. The smallest absolute Gasteiger partial charge is 0.257 e. The molecule has 0 saturated carbocycles. The minimum absolute atomic E-state index is 0.0808. The van der Waals surface area contributed by atoms with Gasteiger partial charge in [-0.3, -0.25) is 4.79 Å². The summed E-state index contributed by atoms with van der Waals surface area (Å²) in [6, 6.07) is 7.44. The van der Waals surface area contributed by atoms with Crippen molar-refractivity contribution in [3.8, 4) is 5.75 Å². The van der Waals surface area contributed by atoms with Crippen molar-refractivity contribution < 1.29 is 9.53 Å². The van der Waals surface area contributed by atoms with Crippen molar-refractivity contribution in [2.45, 2.75) is 12.8 Å². The number of fused-ring (bicyclic) bond motifs is 1. The van der Waals surface area contributed by atoms with E-state index in [-0.39, 0.29) is 5.91 Å². The number of thiol groups is 1. The number of carbonyl (C=O) groups excluding carboxylic acids is 1. The highest BCUT2D eigenvalue weighted by atomic mass is 32.1. The molecule has 2 rings (SSSR count). The Balaban J connectivity index is 2.09. The van der Waals surface area contributed by atoms with Gasteiger partial charge in [-0.05, 0) is 30.7 Å². The zero-order chi connectivity index (χ0) is 12.1. The van der Waals surface area contributed by atoms with E-state index in [2.05, 4.69) is 12.6 Å². The Bertz CT molecular complexity index is 395. The van der Waals surface area contributed by atoms with Gasteiger partial charge in [-0.15, -0.1) is 0 Å². The number of benzene rings is 1. The molecule has 0 saturated heterocycles. The van der Waals surface area contributed by atoms with E-state index in [9.17, 15) is 4.79 Å². The van der Waals surface area contributed by atoms with E-state index in [1.807, 2.05) is 29.2 Å². The van der Waals surface area contributed by atoms with Gasteiger partial charge >= 0.3 is 0 Å². The van der Waals surface area contributed by atoms with Crippen molar-refractivity contribution in [2.24, 2.45) is 0 Å². The fourth-order valence-electron chi connectivity index (χ4n) is 1.93. The second-order valence-corrected chi connectivity index (χ2v) is 4.51. The molecular weight excluding hydrogens is 234 g/mol. The Morgan fingerprint density at radius 1 is 1.29 bits per heavy atom. The highest BCUT2D eigenvalue weighted by molar-refractivity contribution is 7.80. The van der Waals surface area contributed by atoms with Crippen LogP contribution in [0.25, 0.3) is 0 Å². The molecule has 0 spiro atoms. The summed E-state index contributed by atoms with van der Waals surface area (Å²) in [6.07, 6.45) is 2.03. The molecule has 4 heteroatoms. The lowest BCUT2D eigenvalue weighted by molar-refractivity contribution is 0.0753. The quantitative estimate of drug-likeness (QED) is 0.657. The molecule has 0 N–H and O–H groups in total. The Morgan fingerprint density at radius 2 is 2.12 bits per heavy atom. The van der Waals surface area contributed by atoms with Crippen molar-refractivity contribution in [2.75, 3.05) is 25.4 Å². The van der Waals surface area contributed by atoms with Crippen LogP contribution in [0.2, 0.25) is 0 Å². The summed E-state index contributed by atoms with van der Waals surface area (Å²) in [5, 5.41) is 0. The van der Waals surface area contributed by atoms with Crippen molar-refractivity contribution in [1.29, 1.82) is 0 Å². The summed E-state index contributed by atoms with van der Waals surface area (Å²) in [6.45, 7) is 2.03. The van der Waals surface area contributed by atoms with E-state index in [0.29, 0.717) is 24.5 Å². The lowest BCUT2D eigenvalue weighted by Gasteiger charge is -2.19. The summed E-state index contributed by atoms with van der Waals surface area (Å²) in [5.74, 6) is 1.65. The van der Waals surface area contributed by atoms with Crippen LogP contribution in [0.15, 0.2) is 24.3 Å². The SMILES string of the molecule is O=C1c2ccccc2OCCN1CCCCS. The lowest BCUT2D eigenvalue weighted by atomic mass is 10.1. The second-order valence-electron chi connectivity index (χ2n) is 4.07. The molecule has 0 unspecified atom stereocenters. The minimum Gasteiger partial charge on any atom is -0.491 e. The molecule has 0 bridgehead atoms. The zero-order valence-corrected chi connectivity index (χ0v) is 10.7. The van der Waals surface area contributed by atoms with Gasteiger partial charge in [0.1, 0.15) is 12.4 Å². The van der Waals surface area contributed by atoms with Crippen molar-refractivity contribution in [3.63, 3.8) is 0 Å².